The fourth-order valence-electron chi connectivity index (χ4n) is 2.38. The van der Waals surface area contributed by atoms with E-state index in [1.807, 2.05) is 0 Å². The molecule has 0 fully saturated rings. The van der Waals surface area contributed by atoms with E-state index >= 15 is 0 Å². The molecule has 0 spiro atoms. The molecule has 2 rings (SSSR count). The van der Waals surface area contributed by atoms with Gasteiger partial charge in [0.05, 0.1) is 7.11 Å². The Balaban J connectivity index is 2.57. The first-order valence-corrected chi connectivity index (χ1v) is 8.81. The maximum Gasteiger partial charge on any atom is 0.426 e. The highest BCUT2D eigenvalue weighted by atomic mass is 16.6. The van der Waals surface area contributed by atoms with Crippen LogP contribution in [0.4, 0.5) is 4.79 Å². The summed E-state index contributed by atoms with van der Waals surface area (Å²) in [6, 6.07) is 8.71. The molecule has 0 saturated heterocycles. The van der Waals surface area contributed by atoms with Crippen LogP contribution < -0.4 is 15.6 Å². The SMILES string of the molecule is COC(=O)c1c(OCc2ccccc2)c(=O)c(C(=O)O)cn1NC(=O)OC(C)(C)C. The smallest absolute Gasteiger partial charge is 0.426 e. The van der Waals surface area contributed by atoms with Crippen LogP contribution in [-0.4, -0.2) is 40.5 Å². The predicted molar refractivity (Wildman–Crippen MR) is 105 cm³/mol. The van der Waals surface area contributed by atoms with Gasteiger partial charge in [0.15, 0.2) is 5.69 Å². The molecule has 0 atom stereocenters. The van der Waals surface area contributed by atoms with E-state index < -0.39 is 46.1 Å². The van der Waals surface area contributed by atoms with Crippen molar-refractivity contribution in [2.75, 3.05) is 12.5 Å². The average molecular weight is 418 g/mol. The Hall–Kier alpha value is -3.82. The topological polar surface area (TPSA) is 133 Å². The number of esters is 1. The van der Waals surface area contributed by atoms with Gasteiger partial charge in [-0.25, -0.2) is 24.5 Å². The minimum atomic E-state index is -1.57. The van der Waals surface area contributed by atoms with Gasteiger partial charge in [-0.2, -0.15) is 0 Å². The summed E-state index contributed by atoms with van der Waals surface area (Å²) in [6.07, 6.45) is -0.197. The molecule has 2 aromatic rings. The maximum atomic E-state index is 12.7. The second-order valence-corrected chi connectivity index (χ2v) is 7.10. The molecule has 30 heavy (non-hydrogen) atoms. The molecular formula is C20H22N2O8. The summed E-state index contributed by atoms with van der Waals surface area (Å²) in [4.78, 5) is 48.7. The number of ether oxygens (including phenoxy) is 3. The van der Waals surface area contributed by atoms with E-state index in [1.165, 1.54) is 0 Å². The van der Waals surface area contributed by atoms with Crippen molar-refractivity contribution in [2.45, 2.75) is 33.0 Å². The van der Waals surface area contributed by atoms with Crippen molar-refractivity contribution in [1.82, 2.24) is 4.68 Å². The van der Waals surface area contributed by atoms with Gasteiger partial charge in [0.1, 0.15) is 17.8 Å². The van der Waals surface area contributed by atoms with Crippen LogP contribution in [0.25, 0.3) is 0 Å². The van der Waals surface area contributed by atoms with Gasteiger partial charge in [-0.05, 0) is 26.3 Å². The molecule has 0 bridgehead atoms. The van der Waals surface area contributed by atoms with Crippen molar-refractivity contribution in [1.29, 1.82) is 0 Å². The van der Waals surface area contributed by atoms with Crippen LogP contribution in [0.15, 0.2) is 41.3 Å². The predicted octanol–water partition coefficient (Wildman–Crippen LogP) is 2.39. The maximum absolute atomic E-state index is 12.7. The van der Waals surface area contributed by atoms with Gasteiger partial charge in [-0.1, -0.05) is 30.3 Å². The average Bonchev–Trinajstić information content (AvgIpc) is 2.66. The van der Waals surface area contributed by atoms with Crippen LogP contribution in [0.5, 0.6) is 5.75 Å². The first-order valence-electron chi connectivity index (χ1n) is 8.81. The Labute approximate surface area is 172 Å². The Morgan fingerprint density at radius 1 is 1.13 bits per heavy atom. The second kappa shape index (κ2) is 9.12. The number of aromatic carboxylic acids is 1. The molecule has 160 valence electrons. The summed E-state index contributed by atoms with van der Waals surface area (Å²) >= 11 is 0. The fraction of sp³-hybridized carbons (Fsp3) is 0.300. The molecule has 10 nitrogen and oxygen atoms in total. The van der Waals surface area contributed by atoms with Crippen LogP contribution >= 0.6 is 0 Å². The lowest BCUT2D eigenvalue weighted by molar-refractivity contribution is 0.0568. The number of nitrogens with one attached hydrogen (secondary N) is 1. The molecule has 0 unspecified atom stereocenters. The number of carboxylic acids is 1. The van der Waals surface area contributed by atoms with Gasteiger partial charge < -0.3 is 19.3 Å². The molecule has 0 aliphatic carbocycles. The van der Waals surface area contributed by atoms with Crippen molar-refractivity contribution in [3.63, 3.8) is 0 Å². The van der Waals surface area contributed by atoms with Crippen molar-refractivity contribution < 1.29 is 33.7 Å². The zero-order valence-corrected chi connectivity index (χ0v) is 16.9. The normalized spacial score (nSPS) is 10.8. The van der Waals surface area contributed by atoms with Crippen LogP contribution in [0, 0.1) is 0 Å². The van der Waals surface area contributed by atoms with E-state index in [9.17, 15) is 24.3 Å². The molecule has 1 amide bonds. The third kappa shape index (κ3) is 5.60. The minimum Gasteiger partial charge on any atom is -0.482 e. The molecule has 0 aliphatic heterocycles. The second-order valence-electron chi connectivity index (χ2n) is 7.10. The quantitative estimate of drug-likeness (QED) is 0.683. The molecule has 10 heteroatoms. The Kier molecular flexibility index (Phi) is 6.83. The first-order chi connectivity index (χ1) is 14.0. The fourth-order valence-corrected chi connectivity index (χ4v) is 2.38. The van der Waals surface area contributed by atoms with Gasteiger partial charge in [0, 0.05) is 6.20 Å². The van der Waals surface area contributed by atoms with Crippen molar-refractivity contribution in [2.24, 2.45) is 0 Å². The van der Waals surface area contributed by atoms with Gasteiger partial charge in [-0.15, -0.1) is 0 Å². The Morgan fingerprint density at radius 2 is 1.77 bits per heavy atom. The molecular weight excluding hydrogens is 396 g/mol. The lowest BCUT2D eigenvalue weighted by Crippen LogP contribution is -2.36. The number of aromatic nitrogens is 1. The summed E-state index contributed by atoms with van der Waals surface area (Å²) < 4.78 is 16.1. The summed E-state index contributed by atoms with van der Waals surface area (Å²) in [5.41, 5.74) is -0.234. The van der Waals surface area contributed by atoms with Crippen LogP contribution in [-0.2, 0) is 16.1 Å². The number of benzene rings is 1. The number of carbonyl (C=O) groups excluding carboxylic acids is 2. The number of pyridine rings is 1. The molecule has 1 heterocycles. The van der Waals surface area contributed by atoms with Crippen LogP contribution in [0.2, 0.25) is 0 Å². The van der Waals surface area contributed by atoms with Crippen molar-refractivity contribution in [3.8, 4) is 5.75 Å². The summed E-state index contributed by atoms with van der Waals surface area (Å²) in [5.74, 6) is -3.18. The van der Waals surface area contributed by atoms with E-state index in [1.54, 1.807) is 51.1 Å². The molecule has 1 aromatic carbocycles. The molecule has 0 saturated carbocycles. The number of amides is 1. The van der Waals surface area contributed by atoms with E-state index in [2.05, 4.69) is 10.2 Å². The van der Waals surface area contributed by atoms with Gasteiger partial charge >= 0.3 is 18.0 Å². The lowest BCUT2D eigenvalue weighted by Gasteiger charge is -2.22. The number of rotatable bonds is 6. The van der Waals surface area contributed by atoms with E-state index in [0.717, 1.165) is 18.0 Å². The van der Waals surface area contributed by atoms with Crippen molar-refractivity contribution in [3.05, 3.63) is 63.6 Å². The first kappa shape index (κ1) is 22.5. The zero-order chi connectivity index (χ0) is 22.5. The molecule has 0 radical (unpaired) electrons. The standard InChI is InChI=1S/C20H22N2O8/c1-20(2,3)30-19(27)21-22-10-13(17(24)25)15(23)16(14(22)18(26)28-4)29-11-12-8-6-5-7-9-12/h5-10H,11H2,1-4H3,(H,21,27)(H,24,25). The number of carboxylic acid groups (broad SMARTS) is 1. The minimum absolute atomic E-state index is 0.129. The monoisotopic (exact) mass is 418 g/mol. The third-order valence-corrected chi connectivity index (χ3v) is 3.61. The summed E-state index contributed by atoms with van der Waals surface area (Å²) in [6.45, 7) is 4.73. The highest BCUT2D eigenvalue weighted by Gasteiger charge is 2.28. The highest BCUT2D eigenvalue weighted by molar-refractivity contribution is 5.94. The largest absolute Gasteiger partial charge is 0.482 e. The lowest BCUT2D eigenvalue weighted by atomic mass is 10.2. The molecule has 2 N–H and O–H groups in total. The van der Waals surface area contributed by atoms with Gasteiger partial charge in [0.2, 0.25) is 11.2 Å². The number of methoxy groups -OCH3 is 1. The Bertz CT molecular complexity index is 1010. The van der Waals surface area contributed by atoms with Crippen LogP contribution in [0.3, 0.4) is 0 Å². The zero-order valence-electron chi connectivity index (χ0n) is 16.9. The Morgan fingerprint density at radius 3 is 2.30 bits per heavy atom. The summed E-state index contributed by atoms with van der Waals surface area (Å²) in [5, 5.41) is 9.38. The van der Waals surface area contributed by atoms with Crippen molar-refractivity contribution >= 4 is 18.0 Å². The van der Waals surface area contributed by atoms with Gasteiger partial charge in [-0.3, -0.25) is 4.79 Å². The highest BCUT2D eigenvalue weighted by Crippen LogP contribution is 2.18. The third-order valence-electron chi connectivity index (χ3n) is 3.61. The van der Waals surface area contributed by atoms with E-state index in [0.29, 0.717) is 5.56 Å². The van der Waals surface area contributed by atoms with Gasteiger partial charge in [0.25, 0.3) is 0 Å². The van der Waals surface area contributed by atoms with E-state index in [-0.39, 0.29) is 6.61 Å². The number of hydrogen-bond acceptors (Lipinski definition) is 7. The summed E-state index contributed by atoms with van der Waals surface area (Å²) in [7, 11) is 1.07. The van der Waals surface area contributed by atoms with Crippen LogP contribution in [0.1, 0.15) is 47.2 Å². The number of hydrogen-bond donors (Lipinski definition) is 2. The number of nitrogens with zero attached hydrogens (tertiary/aromatic N) is 1. The molecule has 1 aromatic heterocycles. The molecule has 0 aliphatic rings. The number of carbonyl (C=O) groups is 3. The van der Waals surface area contributed by atoms with E-state index in [4.69, 9.17) is 9.47 Å².